The molecule has 1 aromatic rings. The van der Waals surface area contributed by atoms with Crippen molar-refractivity contribution in [1.82, 2.24) is 0 Å². The van der Waals surface area contributed by atoms with Crippen LogP contribution in [0.1, 0.15) is 28.9 Å². The van der Waals surface area contributed by atoms with Gasteiger partial charge in [-0.05, 0) is 19.1 Å². The summed E-state index contributed by atoms with van der Waals surface area (Å²) in [5.41, 5.74) is -0.177. The molecule has 0 radical (unpaired) electrons. The van der Waals surface area contributed by atoms with Crippen LogP contribution in [0, 0.1) is 0 Å². The normalized spacial score (nSPS) is 12.2. The Morgan fingerprint density at radius 1 is 1.40 bits per heavy atom. The fourth-order valence-corrected chi connectivity index (χ4v) is 1.28. The van der Waals surface area contributed by atoms with Crippen LogP contribution in [0.5, 0.6) is 11.5 Å². The smallest absolute Gasteiger partial charge is 0.341 e. The second kappa shape index (κ2) is 4.18. The summed E-state index contributed by atoms with van der Waals surface area (Å²) >= 11 is 0. The zero-order chi connectivity index (χ0) is 11.6. The van der Waals surface area contributed by atoms with Crippen LogP contribution in [0.4, 0.5) is 0 Å². The van der Waals surface area contributed by atoms with E-state index in [9.17, 15) is 20.1 Å². The SMILES string of the molecule is COC(=O)c1ccc(O)c(C(C)O)c1O. The number of carbonyl (C=O) groups is 1. The molecule has 0 aliphatic heterocycles. The standard InChI is InChI=1S/C10H12O5/c1-5(11)8-7(12)4-3-6(9(8)13)10(14)15-2/h3-5,11-13H,1-2H3. The summed E-state index contributed by atoms with van der Waals surface area (Å²) in [6.07, 6.45) is -1.07. The van der Waals surface area contributed by atoms with Gasteiger partial charge < -0.3 is 20.1 Å². The van der Waals surface area contributed by atoms with Crippen LogP contribution >= 0.6 is 0 Å². The molecule has 0 saturated carbocycles. The first-order valence-electron chi connectivity index (χ1n) is 4.30. The highest BCUT2D eigenvalue weighted by atomic mass is 16.5. The first-order chi connectivity index (χ1) is 6.99. The van der Waals surface area contributed by atoms with Gasteiger partial charge >= 0.3 is 5.97 Å². The van der Waals surface area contributed by atoms with Crippen molar-refractivity contribution in [3.63, 3.8) is 0 Å². The molecule has 0 bridgehead atoms. The molecule has 1 aromatic carbocycles. The number of ether oxygens (including phenoxy) is 1. The third-order valence-corrected chi connectivity index (χ3v) is 2.02. The number of hydrogen-bond acceptors (Lipinski definition) is 5. The van der Waals surface area contributed by atoms with E-state index >= 15 is 0 Å². The zero-order valence-corrected chi connectivity index (χ0v) is 8.39. The Morgan fingerprint density at radius 3 is 2.47 bits per heavy atom. The van der Waals surface area contributed by atoms with Crippen LogP contribution in [0.3, 0.4) is 0 Å². The van der Waals surface area contributed by atoms with E-state index in [1.165, 1.54) is 26.2 Å². The molecule has 1 unspecified atom stereocenters. The van der Waals surface area contributed by atoms with Gasteiger partial charge in [0.25, 0.3) is 0 Å². The Hall–Kier alpha value is -1.75. The maximum atomic E-state index is 11.2. The van der Waals surface area contributed by atoms with Gasteiger partial charge in [0.1, 0.15) is 17.1 Å². The number of aliphatic hydroxyl groups is 1. The van der Waals surface area contributed by atoms with Crippen molar-refractivity contribution in [3.8, 4) is 11.5 Å². The van der Waals surface area contributed by atoms with Crippen molar-refractivity contribution < 1.29 is 24.9 Å². The molecule has 0 aromatic heterocycles. The molecule has 1 rings (SSSR count). The number of aliphatic hydroxyl groups excluding tert-OH is 1. The van der Waals surface area contributed by atoms with Gasteiger partial charge in [-0.2, -0.15) is 0 Å². The second-order valence-corrected chi connectivity index (χ2v) is 3.06. The number of methoxy groups -OCH3 is 1. The lowest BCUT2D eigenvalue weighted by Gasteiger charge is -2.12. The predicted molar refractivity (Wildman–Crippen MR) is 51.7 cm³/mol. The topological polar surface area (TPSA) is 87.0 Å². The van der Waals surface area contributed by atoms with E-state index in [1.54, 1.807) is 0 Å². The molecular formula is C10H12O5. The Morgan fingerprint density at radius 2 is 2.00 bits per heavy atom. The highest BCUT2D eigenvalue weighted by Gasteiger charge is 2.20. The number of phenols is 2. The number of carbonyl (C=O) groups excluding carboxylic acids is 1. The molecule has 5 nitrogen and oxygen atoms in total. The average Bonchev–Trinajstić information content (AvgIpc) is 2.16. The monoisotopic (exact) mass is 212 g/mol. The molecule has 0 saturated heterocycles. The lowest BCUT2D eigenvalue weighted by molar-refractivity contribution is 0.0597. The average molecular weight is 212 g/mol. The molecule has 0 aliphatic rings. The van der Waals surface area contributed by atoms with Gasteiger partial charge in [0, 0.05) is 0 Å². The van der Waals surface area contributed by atoms with Gasteiger partial charge in [0.15, 0.2) is 0 Å². The summed E-state index contributed by atoms with van der Waals surface area (Å²) in [5.74, 6) is -1.46. The lowest BCUT2D eigenvalue weighted by atomic mass is 10.0. The molecule has 0 spiro atoms. The largest absolute Gasteiger partial charge is 0.507 e. The summed E-state index contributed by atoms with van der Waals surface area (Å²) in [6, 6.07) is 2.44. The summed E-state index contributed by atoms with van der Waals surface area (Å²) in [6.45, 7) is 1.37. The van der Waals surface area contributed by atoms with Crippen LogP contribution in [0.15, 0.2) is 12.1 Å². The van der Waals surface area contributed by atoms with Gasteiger partial charge in [-0.3, -0.25) is 0 Å². The van der Waals surface area contributed by atoms with Crippen LogP contribution in [0.2, 0.25) is 0 Å². The lowest BCUT2D eigenvalue weighted by Crippen LogP contribution is -2.04. The highest BCUT2D eigenvalue weighted by molar-refractivity contribution is 5.93. The Kier molecular flexibility index (Phi) is 3.16. The highest BCUT2D eigenvalue weighted by Crippen LogP contribution is 2.35. The summed E-state index contributed by atoms with van der Waals surface area (Å²) in [5, 5.41) is 28.3. The van der Waals surface area contributed by atoms with Crippen LogP contribution < -0.4 is 0 Å². The molecule has 0 heterocycles. The molecule has 0 aliphatic carbocycles. The molecule has 5 heteroatoms. The molecule has 3 N–H and O–H groups in total. The minimum Gasteiger partial charge on any atom is -0.507 e. The number of aromatic hydroxyl groups is 2. The van der Waals surface area contributed by atoms with Crippen molar-refractivity contribution in [3.05, 3.63) is 23.3 Å². The first kappa shape index (κ1) is 11.3. The van der Waals surface area contributed by atoms with Crippen molar-refractivity contribution in [2.24, 2.45) is 0 Å². The number of phenolic OH excluding ortho intramolecular Hbond substituents is 2. The quantitative estimate of drug-likeness (QED) is 0.635. The van der Waals surface area contributed by atoms with Gasteiger partial charge in [-0.1, -0.05) is 0 Å². The zero-order valence-electron chi connectivity index (χ0n) is 8.39. The number of hydrogen-bond donors (Lipinski definition) is 3. The van der Waals surface area contributed by atoms with E-state index in [2.05, 4.69) is 4.74 Å². The third-order valence-electron chi connectivity index (χ3n) is 2.02. The summed E-state index contributed by atoms with van der Waals surface area (Å²) in [4.78, 5) is 11.2. The van der Waals surface area contributed by atoms with Crippen molar-refractivity contribution in [2.45, 2.75) is 13.0 Å². The summed E-state index contributed by atoms with van der Waals surface area (Å²) in [7, 11) is 1.18. The van der Waals surface area contributed by atoms with Crippen molar-refractivity contribution >= 4 is 5.97 Å². The molecule has 82 valence electrons. The number of benzene rings is 1. The van der Waals surface area contributed by atoms with E-state index in [0.717, 1.165) is 0 Å². The van der Waals surface area contributed by atoms with E-state index in [1.807, 2.05) is 0 Å². The van der Waals surface area contributed by atoms with Crippen molar-refractivity contribution in [1.29, 1.82) is 0 Å². The van der Waals surface area contributed by atoms with Crippen LogP contribution in [-0.4, -0.2) is 28.4 Å². The van der Waals surface area contributed by atoms with E-state index in [-0.39, 0.29) is 16.9 Å². The van der Waals surface area contributed by atoms with Crippen molar-refractivity contribution in [2.75, 3.05) is 7.11 Å². The van der Waals surface area contributed by atoms with E-state index in [0.29, 0.717) is 0 Å². The first-order valence-corrected chi connectivity index (χ1v) is 4.30. The predicted octanol–water partition coefficient (Wildman–Crippen LogP) is 0.938. The number of esters is 1. The van der Waals surface area contributed by atoms with Crippen LogP contribution in [0.25, 0.3) is 0 Å². The molecule has 0 amide bonds. The molecular weight excluding hydrogens is 200 g/mol. The molecule has 0 fully saturated rings. The Labute approximate surface area is 86.5 Å². The van der Waals surface area contributed by atoms with Crippen LogP contribution in [-0.2, 0) is 4.74 Å². The summed E-state index contributed by atoms with van der Waals surface area (Å²) < 4.78 is 4.43. The maximum Gasteiger partial charge on any atom is 0.341 e. The number of rotatable bonds is 2. The Balaban J connectivity index is 3.35. The third kappa shape index (κ3) is 2.02. The van der Waals surface area contributed by atoms with Gasteiger partial charge in [-0.15, -0.1) is 0 Å². The Bertz CT molecular complexity index is 384. The van der Waals surface area contributed by atoms with Gasteiger partial charge in [0.2, 0.25) is 0 Å². The van der Waals surface area contributed by atoms with E-state index in [4.69, 9.17) is 0 Å². The van der Waals surface area contributed by atoms with Gasteiger partial charge in [0.05, 0.1) is 18.8 Å². The maximum absolute atomic E-state index is 11.2. The molecule has 15 heavy (non-hydrogen) atoms. The van der Waals surface area contributed by atoms with E-state index < -0.39 is 17.8 Å². The van der Waals surface area contributed by atoms with Gasteiger partial charge in [-0.25, -0.2) is 4.79 Å². The fraction of sp³-hybridized carbons (Fsp3) is 0.300. The minimum atomic E-state index is -1.07. The minimum absolute atomic E-state index is 0.0853. The second-order valence-electron chi connectivity index (χ2n) is 3.06. The fourth-order valence-electron chi connectivity index (χ4n) is 1.28. The molecule has 1 atom stereocenters.